The Kier molecular flexibility index (Phi) is 8.17. The summed E-state index contributed by atoms with van der Waals surface area (Å²) < 4.78 is 2.38. The van der Waals surface area contributed by atoms with Crippen LogP contribution in [-0.4, -0.2) is 14.5 Å². The van der Waals surface area contributed by atoms with Gasteiger partial charge in [0.1, 0.15) is 0 Å². The summed E-state index contributed by atoms with van der Waals surface area (Å²) in [5.74, 6) is 0.686. The van der Waals surface area contributed by atoms with Gasteiger partial charge in [-0.05, 0) is 116 Å². The van der Waals surface area contributed by atoms with Gasteiger partial charge in [0.25, 0.3) is 0 Å². The normalized spacial score (nSPS) is 11.6. The van der Waals surface area contributed by atoms with Crippen LogP contribution in [0.3, 0.4) is 0 Å². The summed E-state index contributed by atoms with van der Waals surface area (Å²) in [6.07, 6.45) is 0. The van der Waals surface area contributed by atoms with Gasteiger partial charge in [-0.1, -0.05) is 164 Å². The fourth-order valence-electron chi connectivity index (χ4n) is 9.12. The van der Waals surface area contributed by atoms with E-state index in [0.29, 0.717) is 5.82 Å². The van der Waals surface area contributed by atoms with E-state index in [0.717, 1.165) is 55.7 Å². The van der Waals surface area contributed by atoms with E-state index in [2.05, 4.69) is 229 Å². The van der Waals surface area contributed by atoms with Gasteiger partial charge in [-0.25, -0.2) is 9.97 Å². The Labute approximate surface area is 353 Å². The Morgan fingerprint density at radius 1 is 0.295 bits per heavy atom. The van der Waals surface area contributed by atoms with E-state index in [4.69, 9.17) is 9.97 Å². The molecule has 3 heteroatoms. The first-order valence-corrected chi connectivity index (χ1v) is 20.8. The Morgan fingerprint density at radius 2 is 0.852 bits per heavy atom. The first kappa shape index (κ1) is 34.9. The van der Waals surface area contributed by atoms with E-state index in [9.17, 15) is 0 Å². The van der Waals surface area contributed by atoms with E-state index in [-0.39, 0.29) is 0 Å². The molecule has 2 aromatic heterocycles. The summed E-state index contributed by atoms with van der Waals surface area (Å²) in [5.41, 5.74) is 14.2. The molecule has 0 unspecified atom stereocenters. The first-order valence-electron chi connectivity index (χ1n) is 20.8. The number of fused-ring (bicyclic) bond motifs is 6. The third-order valence-electron chi connectivity index (χ3n) is 12.2. The van der Waals surface area contributed by atoms with Crippen LogP contribution in [0.5, 0.6) is 0 Å². The van der Waals surface area contributed by atoms with Crippen LogP contribution in [0.15, 0.2) is 224 Å². The van der Waals surface area contributed by atoms with Crippen molar-refractivity contribution >= 4 is 54.3 Å². The molecule has 3 nitrogen and oxygen atoms in total. The van der Waals surface area contributed by atoms with Crippen molar-refractivity contribution in [3.05, 3.63) is 224 Å². The average Bonchev–Trinajstić information content (AvgIpc) is 3.66. The van der Waals surface area contributed by atoms with E-state index in [1.54, 1.807) is 0 Å². The van der Waals surface area contributed by atoms with Crippen molar-refractivity contribution in [3.63, 3.8) is 0 Å². The maximum Gasteiger partial charge on any atom is 0.160 e. The second-order valence-corrected chi connectivity index (χ2v) is 15.8. The van der Waals surface area contributed by atoms with Crippen molar-refractivity contribution in [2.24, 2.45) is 0 Å². The van der Waals surface area contributed by atoms with Crippen LogP contribution in [0.2, 0.25) is 0 Å². The molecule has 0 aliphatic rings. The second kappa shape index (κ2) is 14.3. The number of hydrogen-bond donors (Lipinski definition) is 0. The predicted octanol–water partition coefficient (Wildman–Crippen LogP) is 15.4. The van der Waals surface area contributed by atoms with Crippen molar-refractivity contribution in [3.8, 4) is 61.7 Å². The molecule has 0 aliphatic carbocycles. The van der Waals surface area contributed by atoms with Crippen molar-refractivity contribution in [1.29, 1.82) is 0 Å². The van der Waals surface area contributed by atoms with Gasteiger partial charge in [0.05, 0.1) is 22.2 Å². The second-order valence-electron chi connectivity index (χ2n) is 15.8. The number of benzene rings is 10. The number of hydrogen-bond acceptors (Lipinski definition) is 2. The zero-order valence-corrected chi connectivity index (χ0v) is 33.2. The summed E-state index contributed by atoms with van der Waals surface area (Å²) in [6, 6.07) is 80.5. The molecule has 0 radical (unpaired) electrons. The topological polar surface area (TPSA) is 30.7 Å². The molecule has 12 aromatic rings. The summed E-state index contributed by atoms with van der Waals surface area (Å²) in [6.45, 7) is 0. The standard InChI is InChI=1S/C58H37N3/c1-3-13-38(14-4-1)40-23-26-42(27-24-40)57-53-36-50(41-16-5-2-6-17-41)51(47-28-25-39-15-7-8-18-44(39)33-47)37-54(53)59-58(60-57)43-29-31-48(32-30-43)61-55-22-12-11-21-49(55)52-34-45-19-9-10-20-46(45)35-56(52)61/h1-37H. The minimum atomic E-state index is 0.686. The lowest BCUT2D eigenvalue weighted by Gasteiger charge is -2.16. The molecule has 284 valence electrons. The van der Waals surface area contributed by atoms with Gasteiger partial charge in [-0.3, -0.25) is 0 Å². The number of rotatable bonds is 6. The highest BCUT2D eigenvalue weighted by molar-refractivity contribution is 6.13. The van der Waals surface area contributed by atoms with Gasteiger partial charge < -0.3 is 4.57 Å². The molecule has 61 heavy (non-hydrogen) atoms. The molecule has 0 saturated carbocycles. The molecule has 0 aliphatic heterocycles. The van der Waals surface area contributed by atoms with E-state index >= 15 is 0 Å². The minimum absolute atomic E-state index is 0.686. The fraction of sp³-hybridized carbons (Fsp3) is 0. The molecule has 10 aromatic carbocycles. The molecule has 0 bridgehead atoms. The summed E-state index contributed by atoms with van der Waals surface area (Å²) in [7, 11) is 0. The highest BCUT2D eigenvalue weighted by Gasteiger charge is 2.19. The van der Waals surface area contributed by atoms with Crippen LogP contribution in [0.4, 0.5) is 0 Å². The van der Waals surface area contributed by atoms with Crippen LogP contribution in [0.25, 0.3) is 116 Å². The number of para-hydroxylation sites is 1. The SMILES string of the molecule is c1ccc(-c2ccc(-c3nc(-c4ccc(-n5c6ccccc6c6cc7ccccc7cc65)cc4)nc4cc(-c5ccc6ccccc6c5)c(-c5ccccc5)cc34)cc2)cc1. The maximum absolute atomic E-state index is 5.43. The lowest BCUT2D eigenvalue weighted by molar-refractivity contribution is 1.17. The Morgan fingerprint density at radius 3 is 1.61 bits per heavy atom. The van der Waals surface area contributed by atoms with Crippen molar-refractivity contribution in [2.45, 2.75) is 0 Å². The quantitative estimate of drug-likeness (QED) is 0.168. The molecule has 0 atom stereocenters. The van der Waals surface area contributed by atoms with Gasteiger partial charge in [0.2, 0.25) is 0 Å². The van der Waals surface area contributed by atoms with Gasteiger partial charge in [-0.2, -0.15) is 0 Å². The Bertz CT molecular complexity index is 3610. The monoisotopic (exact) mass is 775 g/mol. The highest BCUT2D eigenvalue weighted by atomic mass is 15.0. The third kappa shape index (κ3) is 6.06. The van der Waals surface area contributed by atoms with Crippen LogP contribution in [0.1, 0.15) is 0 Å². The highest BCUT2D eigenvalue weighted by Crippen LogP contribution is 2.41. The van der Waals surface area contributed by atoms with Crippen LogP contribution < -0.4 is 0 Å². The largest absolute Gasteiger partial charge is 0.309 e. The van der Waals surface area contributed by atoms with Crippen LogP contribution >= 0.6 is 0 Å². The molecule has 2 heterocycles. The zero-order valence-electron chi connectivity index (χ0n) is 33.2. The van der Waals surface area contributed by atoms with E-state index in [1.165, 1.54) is 54.5 Å². The summed E-state index contributed by atoms with van der Waals surface area (Å²) in [5, 5.41) is 8.39. The van der Waals surface area contributed by atoms with Gasteiger partial charge in [0, 0.05) is 33.0 Å². The summed E-state index contributed by atoms with van der Waals surface area (Å²) >= 11 is 0. The number of aromatic nitrogens is 3. The van der Waals surface area contributed by atoms with Crippen molar-refractivity contribution < 1.29 is 0 Å². The van der Waals surface area contributed by atoms with Crippen molar-refractivity contribution in [2.75, 3.05) is 0 Å². The summed E-state index contributed by atoms with van der Waals surface area (Å²) in [4.78, 5) is 10.8. The lowest BCUT2D eigenvalue weighted by atomic mass is 9.90. The fourth-order valence-corrected chi connectivity index (χ4v) is 9.12. The predicted molar refractivity (Wildman–Crippen MR) is 256 cm³/mol. The Hall–Kier alpha value is -8.14. The molecule has 0 spiro atoms. The Balaban J connectivity index is 1.05. The molecule has 0 amide bonds. The minimum Gasteiger partial charge on any atom is -0.309 e. The van der Waals surface area contributed by atoms with Crippen LogP contribution in [0, 0.1) is 0 Å². The average molecular weight is 776 g/mol. The van der Waals surface area contributed by atoms with Crippen molar-refractivity contribution in [1.82, 2.24) is 14.5 Å². The molecular formula is C58H37N3. The molecule has 0 fully saturated rings. The van der Waals surface area contributed by atoms with Gasteiger partial charge in [0.15, 0.2) is 5.82 Å². The van der Waals surface area contributed by atoms with E-state index < -0.39 is 0 Å². The first-order chi connectivity index (χ1) is 30.2. The van der Waals surface area contributed by atoms with Gasteiger partial charge >= 0.3 is 0 Å². The number of nitrogens with zero attached hydrogens (tertiary/aromatic N) is 3. The van der Waals surface area contributed by atoms with Crippen LogP contribution in [-0.2, 0) is 0 Å². The lowest BCUT2D eigenvalue weighted by Crippen LogP contribution is -1.98. The smallest absolute Gasteiger partial charge is 0.160 e. The molecule has 0 N–H and O–H groups in total. The van der Waals surface area contributed by atoms with Gasteiger partial charge in [-0.15, -0.1) is 0 Å². The maximum atomic E-state index is 5.43. The molecular weight excluding hydrogens is 739 g/mol. The third-order valence-corrected chi connectivity index (χ3v) is 12.2. The molecule has 12 rings (SSSR count). The van der Waals surface area contributed by atoms with E-state index in [1.807, 2.05) is 0 Å². The zero-order chi connectivity index (χ0) is 40.3. The molecule has 0 saturated heterocycles.